The molecule has 0 spiro atoms. The number of aromatic nitrogens is 7. The van der Waals surface area contributed by atoms with Crippen LogP contribution >= 0.6 is 0 Å². The fraction of sp³-hybridized carbons (Fsp3) is 0.375. The molecule has 9 heteroatoms. The Hall–Kier alpha value is -3.43. The van der Waals surface area contributed by atoms with E-state index in [1.165, 1.54) is 0 Å². The number of benzene rings is 2. The van der Waals surface area contributed by atoms with E-state index in [9.17, 15) is 0 Å². The van der Waals surface area contributed by atoms with Crippen LogP contribution in [0, 0.1) is 0 Å². The van der Waals surface area contributed by atoms with Gasteiger partial charge in [-0.25, -0.2) is 9.67 Å². The minimum Gasteiger partial charge on any atom is -0.346 e. The number of hydrogen-bond donors (Lipinski definition) is 1. The van der Waals surface area contributed by atoms with E-state index in [1.54, 1.807) is 0 Å². The van der Waals surface area contributed by atoms with Crippen molar-refractivity contribution in [2.45, 2.75) is 46.4 Å². The molecule has 4 aromatic rings. The average Bonchev–Trinajstić information content (AvgIpc) is 3.51. The van der Waals surface area contributed by atoms with Crippen molar-refractivity contribution in [2.24, 2.45) is 0 Å². The standard InChI is InChI=1S/C24H29N7O2/c1-4-15-31-21(25-23(28-31)24(32-5-2)33-6-3)16-17-11-13-18(14-12-17)19-9-7-8-10-20(19)22-26-29-30-27-22/h7-14,24H,4-6,15-16H2,1-3H3,(H,26,27,29,30). The Morgan fingerprint density at radius 2 is 1.67 bits per heavy atom. The highest BCUT2D eigenvalue weighted by Crippen LogP contribution is 2.30. The first-order valence-electron chi connectivity index (χ1n) is 11.3. The Morgan fingerprint density at radius 1 is 0.939 bits per heavy atom. The van der Waals surface area contributed by atoms with Crippen molar-refractivity contribution in [3.63, 3.8) is 0 Å². The highest BCUT2D eigenvalue weighted by atomic mass is 16.7. The molecule has 0 aliphatic rings. The van der Waals surface area contributed by atoms with Gasteiger partial charge in [-0.3, -0.25) is 0 Å². The Bertz CT molecular complexity index is 1130. The van der Waals surface area contributed by atoms with Gasteiger partial charge in [-0.1, -0.05) is 55.5 Å². The summed E-state index contributed by atoms with van der Waals surface area (Å²) in [4.78, 5) is 4.77. The molecule has 2 aromatic carbocycles. The van der Waals surface area contributed by atoms with Crippen LogP contribution in [0.3, 0.4) is 0 Å². The van der Waals surface area contributed by atoms with Gasteiger partial charge < -0.3 is 9.47 Å². The van der Waals surface area contributed by atoms with E-state index < -0.39 is 6.29 Å². The van der Waals surface area contributed by atoms with Crippen molar-refractivity contribution >= 4 is 0 Å². The molecular weight excluding hydrogens is 418 g/mol. The maximum atomic E-state index is 5.69. The van der Waals surface area contributed by atoms with E-state index >= 15 is 0 Å². The summed E-state index contributed by atoms with van der Waals surface area (Å²) in [6.45, 7) is 7.88. The van der Waals surface area contributed by atoms with E-state index in [0.717, 1.165) is 41.0 Å². The molecule has 33 heavy (non-hydrogen) atoms. The molecule has 0 fully saturated rings. The van der Waals surface area contributed by atoms with Crippen molar-refractivity contribution in [3.05, 3.63) is 65.7 Å². The quantitative estimate of drug-likeness (QED) is 0.344. The van der Waals surface area contributed by atoms with Gasteiger partial charge >= 0.3 is 0 Å². The van der Waals surface area contributed by atoms with Crippen LogP contribution in [0.25, 0.3) is 22.5 Å². The summed E-state index contributed by atoms with van der Waals surface area (Å²) in [7, 11) is 0. The SMILES string of the molecule is CCCn1nc(C(OCC)OCC)nc1Cc1ccc(-c2ccccc2-c2nn[nH]n2)cc1. The number of aryl methyl sites for hydroxylation is 1. The Labute approximate surface area is 193 Å². The fourth-order valence-electron chi connectivity index (χ4n) is 3.71. The number of ether oxygens (including phenoxy) is 2. The molecular formula is C24H29N7O2. The van der Waals surface area contributed by atoms with Crippen LogP contribution in [0.2, 0.25) is 0 Å². The molecule has 0 radical (unpaired) electrons. The van der Waals surface area contributed by atoms with Gasteiger partial charge in [-0.15, -0.1) is 10.2 Å². The summed E-state index contributed by atoms with van der Waals surface area (Å²) in [6, 6.07) is 16.5. The number of aromatic amines is 1. The summed E-state index contributed by atoms with van der Waals surface area (Å²) < 4.78 is 13.3. The zero-order valence-electron chi connectivity index (χ0n) is 19.2. The molecule has 172 valence electrons. The van der Waals surface area contributed by atoms with E-state index in [4.69, 9.17) is 14.5 Å². The third-order valence-electron chi connectivity index (χ3n) is 5.19. The molecule has 1 N–H and O–H groups in total. The Balaban J connectivity index is 1.58. The maximum Gasteiger partial charge on any atom is 0.221 e. The molecule has 0 aliphatic heterocycles. The van der Waals surface area contributed by atoms with Gasteiger partial charge in [-0.2, -0.15) is 10.3 Å². The van der Waals surface area contributed by atoms with E-state index in [1.807, 2.05) is 36.7 Å². The third kappa shape index (κ3) is 5.32. The van der Waals surface area contributed by atoms with Crippen LogP contribution in [-0.2, 0) is 22.4 Å². The Morgan fingerprint density at radius 3 is 2.30 bits per heavy atom. The maximum absolute atomic E-state index is 5.69. The molecule has 2 heterocycles. The summed E-state index contributed by atoms with van der Waals surface area (Å²) >= 11 is 0. The average molecular weight is 448 g/mol. The summed E-state index contributed by atoms with van der Waals surface area (Å²) in [5, 5.41) is 19.1. The van der Waals surface area contributed by atoms with Gasteiger partial charge in [0.2, 0.25) is 17.9 Å². The lowest BCUT2D eigenvalue weighted by atomic mass is 9.98. The van der Waals surface area contributed by atoms with Crippen molar-refractivity contribution in [3.8, 4) is 22.5 Å². The van der Waals surface area contributed by atoms with E-state index in [2.05, 4.69) is 63.0 Å². The first-order valence-corrected chi connectivity index (χ1v) is 11.3. The lowest BCUT2D eigenvalue weighted by molar-refractivity contribution is -0.145. The normalized spacial score (nSPS) is 11.4. The van der Waals surface area contributed by atoms with Crippen LogP contribution in [0.5, 0.6) is 0 Å². The van der Waals surface area contributed by atoms with Crippen molar-refractivity contribution in [2.75, 3.05) is 13.2 Å². The summed E-state index contributed by atoms with van der Waals surface area (Å²) in [6.07, 6.45) is 1.10. The molecule has 9 nitrogen and oxygen atoms in total. The van der Waals surface area contributed by atoms with Crippen LogP contribution < -0.4 is 0 Å². The van der Waals surface area contributed by atoms with E-state index in [0.29, 0.717) is 31.3 Å². The highest BCUT2D eigenvalue weighted by molar-refractivity contribution is 5.80. The van der Waals surface area contributed by atoms with Crippen LogP contribution in [-0.4, -0.2) is 48.6 Å². The molecule has 2 aromatic heterocycles. The van der Waals surface area contributed by atoms with E-state index in [-0.39, 0.29) is 0 Å². The minimum absolute atomic E-state index is 0.537. The number of hydrogen-bond acceptors (Lipinski definition) is 7. The molecule has 0 unspecified atom stereocenters. The van der Waals surface area contributed by atoms with Gasteiger partial charge in [-0.05, 0) is 42.2 Å². The van der Waals surface area contributed by atoms with Gasteiger partial charge in [0.05, 0.1) is 0 Å². The molecule has 0 amide bonds. The second kappa shape index (κ2) is 10.9. The van der Waals surface area contributed by atoms with Gasteiger partial charge in [0.15, 0.2) is 0 Å². The fourth-order valence-corrected chi connectivity index (χ4v) is 3.71. The van der Waals surface area contributed by atoms with Crippen LogP contribution in [0.15, 0.2) is 48.5 Å². The van der Waals surface area contributed by atoms with Crippen LogP contribution in [0.4, 0.5) is 0 Å². The predicted octanol–water partition coefficient (Wildman–Crippen LogP) is 4.20. The Kier molecular flexibility index (Phi) is 7.54. The number of rotatable bonds is 11. The number of nitrogens with one attached hydrogen (secondary N) is 1. The largest absolute Gasteiger partial charge is 0.346 e. The molecule has 0 saturated carbocycles. The molecule has 4 rings (SSSR count). The van der Waals surface area contributed by atoms with Gasteiger partial charge in [0.1, 0.15) is 5.82 Å². The lowest BCUT2D eigenvalue weighted by Crippen LogP contribution is -2.11. The minimum atomic E-state index is -0.541. The van der Waals surface area contributed by atoms with Gasteiger partial charge in [0.25, 0.3) is 0 Å². The van der Waals surface area contributed by atoms with Gasteiger partial charge in [0, 0.05) is 31.7 Å². The van der Waals surface area contributed by atoms with Crippen molar-refractivity contribution in [1.29, 1.82) is 0 Å². The first kappa shape index (κ1) is 22.8. The number of H-pyrrole nitrogens is 1. The number of nitrogens with zero attached hydrogens (tertiary/aromatic N) is 6. The summed E-state index contributed by atoms with van der Waals surface area (Å²) in [5.41, 5.74) is 4.22. The van der Waals surface area contributed by atoms with Crippen molar-refractivity contribution < 1.29 is 9.47 Å². The summed E-state index contributed by atoms with van der Waals surface area (Å²) in [5.74, 6) is 2.05. The first-order chi connectivity index (χ1) is 16.2. The topological polar surface area (TPSA) is 104 Å². The smallest absolute Gasteiger partial charge is 0.221 e. The van der Waals surface area contributed by atoms with Crippen LogP contribution in [0.1, 0.15) is 50.7 Å². The zero-order chi connectivity index (χ0) is 23.0. The zero-order valence-corrected chi connectivity index (χ0v) is 19.2. The monoisotopic (exact) mass is 447 g/mol. The highest BCUT2D eigenvalue weighted by Gasteiger charge is 2.20. The number of tetrazole rings is 1. The molecule has 0 aliphatic carbocycles. The molecule has 0 atom stereocenters. The molecule has 0 bridgehead atoms. The second-order valence-electron chi connectivity index (χ2n) is 7.51. The predicted molar refractivity (Wildman–Crippen MR) is 124 cm³/mol. The molecule has 0 saturated heterocycles. The second-order valence-corrected chi connectivity index (χ2v) is 7.51. The third-order valence-corrected chi connectivity index (χ3v) is 5.19. The lowest BCUT2D eigenvalue weighted by Gasteiger charge is -2.12. The van der Waals surface area contributed by atoms with Crippen molar-refractivity contribution in [1.82, 2.24) is 35.4 Å².